The molecule has 1 heterocycles. The van der Waals surface area contributed by atoms with Crippen molar-refractivity contribution in [3.63, 3.8) is 0 Å². The first kappa shape index (κ1) is 22.1. The maximum Gasteiger partial charge on any atom is 0.184 e. The highest BCUT2D eigenvalue weighted by Crippen LogP contribution is 2.40. The van der Waals surface area contributed by atoms with Crippen LogP contribution in [0.25, 0.3) is 10.8 Å². The molecule has 0 saturated heterocycles. The predicted molar refractivity (Wildman–Crippen MR) is 118 cm³/mol. The van der Waals surface area contributed by atoms with E-state index in [1.165, 1.54) is 0 Å². The highest BCUT2D eigenvalue weighted by atomic mass is 127. The van der Waals surface area contributed by atoms with Gasteiger partial charge in [-0.1, -0.05) is 54.6 Å². The van der Waals surface area contributed by atoms with E-state index in [1.807, 2.05) is 77.6 Å². The number of nitrogens with zero attached hydrogens (tertiary/aromatic N) is 1. The SMILES string of the molecule is COc1ccc(CC2(C[n+]3ccc4ccccc4c3)C(=O)c3ccccc3C2=O)cc1.[I-]. The number of fused-ring (bicyclic) bond motifs is 2. The van der Waals surface area contributed by atoms with Crippen LogP contribution < -0.4 is 33.3 Å². The predicted octanol–water partition coefficient (Wildman–Crippen LogP) is 1.45. The summed E-state index contributed by atoms with van der Waals surface area (Å²) >= 11 is 0. The van der Waals surface area contributed by atoms with E-state index in [1.54, 1.807) is 19.2 Å². The molecule has 160 valence electrons. The number of hydrogen-bond donors (Lipinski definition) is 0. The molecule has 4 nitrogen and oxygen atoms in total. The van der Waals surface area contributed by atoms with Crippen molar-refractivity contribution in [2.75, 3.05) is 7.11 Å². The fourth-order valence-corrected chi connectivity index (χ4v) is 4.54. The van der Waals surface area contributed by atoms with Crippen LogP contribution in [0.3, 0.4) is 0 Å². The molecule has 0 fully saturated rings. The van der Waals surface area contributed by atoms with Crippen molar-refractivity contribution in [2.45, 2.75) is 13.0 Å². The summed E-state index contributed by atoms with van der Waals surface area (Å²) in [4.78, 5) is 27.3. The number of ether oxygens (including phenoxy) is 1. The Balaban J connectivity index is 0.00000245. The van der Waals surface area contributed by atoms with Crippen molar-refractivity contribution in [2.24, 2.45) is 5.41 Å². The van der Waals surface area contributed by atoms with Crippen LogP contribution in [0.15, 0.2) is 91.3 Å². The third kappa shape index (κ3) is 3.71. The van der Waals surface area contributed by atoms with Gasteiger partial charge in [0.25, 0.3) is 0 Å². The third-order valence-corrected chi connectivity index (χ3v) is 6.15. The van der Waals surface area contributed by atoms with E-state index in [-0.39, 0.29) is 42.1 Å². The summed E-state index contributed by atoms with van der Waals surface area (Å²) in [6.07, 6.45) is 4.29. The Kier molecular flexibility index (Phi) is 6.11. The molecule has 4 aromatic rings. The first-order chi connectivity index (χ1) is 15.1. The number of methoxy groups -OCH3 is 1. The number of rotatable bonds is 5. The Hall–Kier alpha value is -3.06. The number of hydrogen-bond acceptors (Lipinski definition) is 3. The second kappa shape index (κ2) is 8.82. The Morgan fingerprint density at radius 2 is 1.38 bits per heavy atom. The van der Waals surface area contributed by atoms with E-state index in [9.17, 15) is 9.59 Å². The lowest BCUT2D eigenvalue weighted by molar-refractivity contribution is -0.703. The standard InChI is InChI=1S/C27H22NO3.HI/c1-31-22-12-10-19(11-13-22)16-27(25(29)23-8-4-5-9-24(23)26(27)30)18-28-15-14-20-6-2-3-7-21(20)17-28;/h2-15,17H,16,18H2,1H3;1H/q+1;/p-1. The van der Waals surface area contributed by atoms with Crippen LogP contribution in [-0.2, 0) is 13.0 Å². The van der Waals surface area contributed by atoms with Crippen LogP contribution in [0.5, 0.6) is 5.75 Å². The molecule has 0 amide bonds. The summed E-state index contributed by atoms with van der Waals surface area (Å²) in [5.41, 5.74) is 0.785. The molecule has 0 spiro atoms. The fourth-order valence-electron chi connectivity index (χ4n) is 4.54. The largest absolute Gasteiger partial charge is 1.00 e. The number of carbonyl (C=O) groups excluding carboxylic acids is 2. The average molecular weight is 535 g/mol. The summed E-state index contributed by atoms with van der Waals surface area (Å²) in [5.74, 6) is 0.531. The summed E-state index contributed by atoms with van der Waals surface area (Å²) in [6, 6.07) is 24.8. The van der Waals surface area contributed by atoms with Crippen LogP contribution >= 0.6 is 0 Å². The molecule has 0 unspecified atom stereocenters. The van der Waals surface area contributed by atoms with Crippen molar-refractivity contribution in [1.29, 1.82) is 0 Å². The number of benzene rings is 3. The van der Waals surface area contributed by atoms with Crippen molar-refractivity contribution < 1.29 is 42.9 Å². The fraction of sp³-hybridized carbons (Fsp3) is 0.148. The van der Waals surface area contributed by atoms with E-state index < -0.39 is 5.41 Å². The third-order valence-electron chi connectivity index (χ3n) is 6.15. The van der Waals surface area contributed by atoms with Crippen molar-refractivity contribution in [3.8, 4) is 5.75 Å². The first-order valence-corrected chi connectivity index (χ1v) is 10.3. The molecule has 5 rings (SSSR count). The number of ketones is 2. The van der Waals surface area contributed by atoms with Crippen molar-refractivity contribution >= 4 is 22.3 Å². The van der Waals surface area contributed by atoms with Crippen LogP contribution in [-0.4, -0.2) is 18.7 Å². The van der Waals surface area contributed by atoms with Gasteiger partial charge in [0.05, 0.1) is 7.11 Å². The van der Waals surface area contributed by atoms with E-state index in [0.29, 0.717) is 17.5 Å². The molecule has 0 atom stereocenters. The number of aromatic nitrogens is 1. The summed E-state index contributed by atoms with van der Waals surface area (Å²) in [6.45, 7) is 0.288. The minimum atomic E-state index is -1.18. The van der Waals surface area contributed by atoms with Crippen LogP contribution in [0.2, 0.25) is 0 Å². The highest BCUT2D eigenvalue weighted by molar-refractivity contribution is 6.29. The van der Waals surface area contributed by atoms with E-state index in [0.717, 1.165) is 22.1 Å². The average Bonchev–Trinajstić information content (AvgIpc) is 3.02. The van der Waals surface area contributed by atoms with Crippen LogP contribution in [0.1, 0.15) is 26.3 Å². The molecule has 0 aliphatic heterocycles. The molecule has 1 aliphatic carbocycles. The Bertz CT molecular complexity index is 1280. The lowest BCUT2D eigenvalue weighted by Gasteiger charge is -2.23. The van der Waals surface area contributed by atoms with Gasteiger partial charge in [-0.05, 0) is 35.6 Å². The molecule has 0 bridgehead atoms. The van der Waals surface area contributed by atoms with Crippen LogP contribution in [0, 0.1) is 5.41 Å². The molecule has 32 heavy (non-hydrogen) atoms. The zero-order valence-corrected chi connectivity index (χ0v) is 19.8. The minimum Gasteiger partial charge on any atom is -1.00 e. The van der Waals surface area contributed by atoms with E-state index in [4.69, 9.17) is 4.74 Å². The number of Topliss-reactive ketones (excluding diaryl/α,β-unsaturated/α-hetero) is 2. The molecule has 1 aliphatic rings. The Labute approximate surface area is 203 Å². The van der Waals surface area contributed by atoms with Gasteiger partial charge in [-0.25, -0.2) is 4.57 Å². The Morgan fingerprint density at radius 1 is 0.781 bits per heavy atom. The molecule has 1 aromatic heterocycles. The van der Waals surface area contributed by atoms with E-state index >= 15 is 0 Å². The maximum atomic E-state index is 13.7. The second-order valence-corrected chi connectivity index (χ2v) is 8.06. The second-order valence-electron chi connectivity index (χ2n) is 8.06. The Morgan fingerprint density at radius 3 is 2.00 bits per heavy atom. The number of halogens is 1. The van der Waals surface area contributed by atoms with Crippen molar-refractivity contribution in [1.82, 2.24) is 0 Å². The highest BCUT2D eigenvalue weighted by Gasteiger charge is 2.55. The first-order valence-electron chi connectivity index (χ1n) is 10.3. The van der Waals surface area contributed by atoms with Gasteiger partial charge in [-0.2, -0.15) is 0 Å². The number of pyridine rings is 1. The molecule has 0 saturated carbocycles. The summed E-state index contributed by atoms with van der Waals surface area (Å²) < 4.78 is 7.22. The molecule has 3 aromatic carbocycles. The lowest BCUT2D eigenvalue weighted by atomic mass is 9.76. The minimum absolute atomic E-state index is 0. The topological polar surface area (TPSA) is 47.2 Å². The molecule has 0 radical (unpaired) electrons. The van der Waals surface area contributed by atoms with E-state index in [2.05, 4.69) is 6.07 Å². The van der Waals surface area contributed by atoms with Gasteiger partial charge in [0, 0.05) is 22.6 Å². The van der Waals surface area contributed by atoms with Gasteiger partial charge in [0.1, 0.15) is 5.75 Å². The van der Waals surface area contributed by atoms with Gasteiger partial charge in [-0.3, -0.25) is 9.59 Å². The zero-order chi connectivity index (χ0) is 21.4. The van der Waals surface area contributed by atoms with Crippen LogP contribution in [0.4, 0.5) is 0 Å². The van der Waals surface area contributed by atoms with Gasteiger partial charge >= 0.3 is 0 Å². The molecular formula is C27H22INO3. The molecular weight excluding hydrogens is 513 g/mol. The zero-order valence-electron chi connectivity index (χ0n) is 17.6. The quantitative estimate of drug-likeness (QED) is 0.221. The van der Waals surface area contributed by atoms with Gasteiger partial charge in [-0.15, -0.1) is 0 Å². The van der Waals surface area contributed by atoms with Crippen molar-refractivity contribution in [3.05, 3.63) is 108 Å². The normalized spacial score (nSPS) is 14.2. The lowest BCUT2D eigenvalue weighted by Crippen LogP contribution is -3.00. The molecule has 5 heteroatoms. The van der Waals surface area contributed by atoms with Gasteiger partial charge in [0.15, 0.2) is 35.9 Å². The molecule has 0 N–H and O–H groups in total. The number of carbonyl (C=O) groups is 2. The monoisotopic (exact) mass is 535 g/mol. The smallest absolute Gasteiger partial charge is 0.184 e. The summed E-state index contributed by atoms with van der Waals surface area (Å²) in [5, 5.41) is 2.19. The van der Waals surface area contributed by atoms with Gasteiger partial charge < -0.3 is 28.7 Å². The summed E-state index contributed by atoms with van der Waals surface area (Å²) in [7, 11) is 1.62. The maximum absolute atomic E-state index is 13.7. The van der Waals surface area contributed by atoms with Gasteiger partial charge in [0.2, 0.25) is 0 Å².